The van der Waals surface area contributed by atoms with Crippen LogP contribution in [0.2, 0.25) is 0 Å². The van der Waals surface area contributed by atoms with E-state index in [1.165, 1.54) is 24.8 Å². The molecule has 0 saturated heterocycles. The molecule has 1 atom stereocenters. The molecule has 2 N–H and O–H groups in total. The Hall–Kier alpha value is -1.51. The van der Waals surface area contributed by atoms with Gasteiger partial charge in [-0.1, -0.05) is 50.8 Å². The van der Waals surface area contributed by atoms with Gasteiger partial charge < -0.3 is 10.6 Å². The quantitative estimate of drug-likeness (QED) is 0.699. The second kappa shape index (κ2) is 8.57. The number of hydrogen-bond donors (Lipinski definition) is 2. The van der Waals surface area contributed by atoms with Crippen molar-refractivity contribution in [1.29, 1.82) is 0 Å². The topological polar surface area (TPSA) is 41.1 Å². The first kappa shape index (κ1) is 15.5. The van der Waals surface area contributed by atoms with E-state index in [0.717, 1.165) is 18.5 Å². The minimum Gasteiger partial charge on any atom is -0.335 e. The Balaban J connectivity index is 2.37. The zero-order valence-corrected chi connectivity index (χ0v) is 12.3. The Morgan fingerprint density at radius 1 is 1.16 bits per heavy atom. The molecule has 0 aliphatic carbocycles. The van der Waals surface area contributed by atoms with E-state index in [4.69, 9.17) is 0 Å². The molecule has 0 bridgehead atoms. The maximum Gasteiger partial charge on any atom is 0.319 e. The second-order valence-corrected chi connectivity index (χ2v) is 5.07. The molecule has 0 aromatic heterocycles. The monoisotopic (exact) mass is 262 g/mol. The van der Waals surface area contributed by atoms with E-state index < -0.39 is 0 Å². The van der Waals surface area contributed by atoms with Gasteiger partial charge in [-0.15, -0.1) is 0 Å². The first-order valence-corrected chi connectivity index (χ1v) is 7.29. The van der Waals surface area contributed by atoms with Crippen molar-refractivity contribution in [1.82, 2.24) is 5.32 Å². The van der Waals surface area contributed by atoms with Crippen LogP contribution in [-0.4, -0.2) is 12.1 Å². The maximum absolute atomic E-state index is 11.9. The highest BCUT2D eigenvalue weighted by Crippen LogP contribution is 2.10. The third-order valence-electron chi connectivity index (χ3n) is 3.29. The van der Waals surface area contributed by atoms with Gasteiger partial charge in [0.15, 0.2) is 0 Å². The summed E-state index contributed by atoms with van der Waals surface area (Å²) in [6, 6.07) is 8.01. The van der Waals surface area contributed by atoms with E-state index in [-0.39, 0.29) is 12.1 Å². The number of unbranched alkanes of at least 4 members (excludes halogenated alkanes) is 2. The van der Waals surface area contributed by atoms with Crippen molar-refractivity contribution in [3.63, 3.8) is 0 Å². The van der Waals surface area contributed by atoms with E-state index in [1.807, 2.05) is 31.2 Å². The van der Waals surface area contributed by atoms with Crippen LogP contribution in [0.4, 0.5) is 10.5 Å². The van der Waals surface area contributed by atoms with Crippen molar-refractivity contribution in [3.8, 4) is 0 Å². The summed E-state index contributed by atoms with van der Waals surface area (Å²) in [5.41, 5.74) is 2.03. The molecule has 0 spiro atoms. The number of carbonyl (C=O) groups is 1. The van der Waals surface area contributed by atoms with E-state index >= 15 is 0 Å². The van der Waals surface area contributed by atoms with Crippen molar-refractivity contribution in [2.75, 3.05) is 5.32 Å². The number of hydrogen-bond acceptors (Lipinski definition) is 1. The Kier molecular flexibility index (Phi) is 7.01. The average molecular weight is 262 g/mol. The number of carbonyl (C=O) groups excluding carboxylic acids is 1. The van der Waals surface area contributed by atoms with Gasteiger partial charge in [-0.25, -0.2) is 4.79 Å². The number of aryl methyl sites for hydroxylation is 1. The summed E-state index contributed by atoms with van der Waals surface area (Å²) in [7, 11) is 0. The molecule has 0 fully saturated rings. The zero-order valence-electron chi connectivity index (χ0n) is 12.3. The Morgan fingerprint density at radius 2 is 1.84 bits per heavy atom. The van der Waals surface area contributed by atoms with Gasteiger partial charge in [-0.3, -0.25) is 0 Å². The van der Waals surface area contributed by atoms with Gasteiger partial charge in [0.2, 0.25) is 0 Å². The lowest BCUT2D eigenvalue weighted by Crippen LogP contribution is -2.37. The van der Waals surface area contributed by atoms with Crippen molar-refractivity contribution >= 4 is 11.7 Å². The molecule has 0 heterocycles. The van der Waals surface area contributed by atoms with E-state index in [9.17, 15) is 4.79 Å². The van der Waals surface area contributed by atoms with Crippen LogP contribution >= 0.6 is 0 Å². The third-order valence-corrected chi connectivity index (χ3v) is 3.29. The van der Waals surface area contributed by atoms with Crippen LogP contribution in [0.5, 0.6) is 0 Å². The molecular weight excluding hydrogens is 236 g/mol. The van der Waals surface area contributed by atoms with Crippen molar-refractivity contribution in [3.05, 3.63) is 29.8 Å². The fourth-order valence-electron chi connectivity index (χ4n) is 2.01. The zero-order chi connectivity index (χ0) is 14.1. The third kappa shape index (κ3) is 6.27. The van der Waals surface area contributed by atoms with Crippen LogP contribution in [0, 0.1) is 6.92 Å². The van der Waals surface area contributed by atoms with Crippen LogP contribution in [0.3, 0.4) is 0 Å². The minimum absolute atomic E-state index is 0.104. The fraction of sp³-hybridized carbons (Fsp3) is 0.562. The molecule has 3 nitrogen and oxygen atoms in total. The fourth-order valence-corrected chi connectivity index (χ4v) is 2.01. The highest BCUT2D eigenvalue weighted by atomic mass is 16.2. The van der Waals surface area contributed by atoms with Gasteiger partial charge >= 0.3 is 6.03 Å². The number of nitrogens with one attached hydrogen (secondary N) is 2. The van der Waals surface area contributed by atoms with Crippen LogP contribution in [-0.2, 0) is 0 Å². The summed E-state index contributed by atoms with van der Waals surface area (Å²) in [6.45, 7) is 6.34. The van der Waals surface area contributed by atoms with Crippen molar-refractivity contribution < 1.29 is 4.79 Å². The molecule has 1 rings (SSSR count). The lowest BCUT2D eigenvalue weighted by atomic mass is 10.1. The van der Waals surface area contributed by atoms with Gasteiger partial charge in [0.1, 0.15) is 0 Å². The van der Waals surface area contributed by atoms with Crippen LogP contribution in [0.25, 0.3) is 0 Å². The number of anilines is 1. The summed E-state index contributed by atoms with van der Waals surface area (Å²) in [5, 5.41) is 5.91. The highest BCUT2D eigenvalue weighted by Gasteiger charge is 2.09. The summed E-state index contributed by atoms with van der Waals surface area (Å²) >= 11 is 0. The Morgan fingerprint density at radius 3 is 2.42 bits per heavy atom. The molecule has 3 heteroatoms. The standard InChI is InChI=1S/C16H26N2O/c1-4-6-7-8-14(5-2)17-16(19)18-15-11-9-13(3)10-12-15/h9-12,14H,4-8H2,1-3H3,(H2,17,18,19). The Bertz CT molecular complexity index is 373. The SMILES string of the molecule is CCCCCC(CC)NC(=O)Nc1ccc(C)cc1. The number of urea groups is 1. The van der Waals surface area contributed by atoms with Gasteiger partial charge in [-0.05, 0) is 31.9 Å². The summed E-state index contributed by atoms with van der Waals surface area (Å²) in [4.78, 5) is 11.9. The molecule has 1 aromatic carbocycles. The predicted molar refractivity (Wildman–Crippen MR) is 81.6 cm³/mol. The smallest absolute Gasteiger partial charge is 0.319 e. The van der Waals surface area contributed by atoms with Crippen molar-refractivity contribution in [2.45, 2.75) is 58.9 Å². The number of rotatable bonds is 7. The predicted octanol–water partition coefficient (Wildman–Crippen LogP) is 4.48. The lowest BCUT2D eigenvalue weighted by Gasteiger charge is -2.17. The van der Waals surface area contributed by atoms with Gasteiger partial charge in [-0.2, -0.15) is 0 Å². The van der Waals surface area contributed by atoms with E-state index in [2.05, 4.69) is 24.5 Å². The van der Waals surface area contributed by atoms with E-state index in [0.29, 0.717) is 0 Å². The molecule has 0 aliphatic heterocycles. The van der Waals surface area contributed by atoms with Gasteiger partial charge in [0, 0.05) is 11.7 Å². The number of benzene rings is 1. The van der Waals surface area contributed by atoms with Crippen LogP contribution < -0.4 is 10.6 Å². The van der Waals surface area contributed by atoms with Gasteiger partial charge in [0.25, 0.3) is 0 Å². The first-order valence-electron chi connectivity index (χ1n) is 7.29. The van der Waals surface area contributed by atoms with Gasteiger partial charge in [0.05, 0.1) is 0 Å². The summed E-state index contributed by atoms with van der Waals surface area (Å²) in [5.74, 6) is 0. The first-order chi connectivity index (χ1) is 9.15. The summed E-state index contributed by atoms with van der Waals surface area (Å²) < 4.78 is 0. The molecule has 0 radical (unpaired) electrons. The molecule has 2 amide bonds. The second-order valence-electron chi connectivity index (χ2n) is 5.07. The Labute approximate surface area is 116 Å². The lowest BCUT2D eigenvalue weighted by molar-refractivity contribution is 0.247. The largest absolute Gasteiger partial charge is 0.335 e. The minimum atomic E-state index is -0.104. The molecule has 1 aromatic rings. The highest BCUT2D eigenvalue weighted by molar-refractivity contribution is 5.89. The van der Waals surface area contributed by atoms with Crippen molar-refractivity contribution in [2.24, 2.45) is 0 Å². The maximum atomic E-state index is 11.9. The number of amides is 2. The molecular formula is C16H26N2O. The molecule has 19 heavy (non-hydrogen) atoms. The van der Waals surface area contributed by atoms with E-state index in [1.54, 1.807) is 0 Å². The molecule has 106 valence electrons. The van der Waals surface area contributed by atoms with Crippen LogP contribution in [0.15, 0.2) is 24.3 Å². The normalized spacial score (nSPS) is 11.9. The average Bonchev–Trinajstić information content (AvgIpc) is 2.40. The van der Waals surface area contributed by atoms with Crippen LogP contribution in [0.1, 0.15) is 51.5 Å². The molecule has 0 saturated carbocycles. The molecule has 0 aliphatic rings. The molecule has 1 unspecified atom stereocenters. The summed E-state index contributed by atoms with van der Waals surface area (Å²) in [6.07, 6.45) is 5.67.